The first-order chi connectivity index (χ1) is 13.2. The predicted octanol–water partition coefficient (Wildman–Crippen LogP) is 3.61. The molecule has 144 valence electrons. The Hall–Kier alpha value is -2.55. The molecule has 0 radical (unpaired) electrons. The number of aryl methyl sites for hydroxylation is 1. The Morgan fingerprint density at radius 3 is 2.30 bits per heavy atom. The van der Waals surface area contributed by atoms with Crippen LogP contribution in [0.5, 0.6) is 11.5 Å². The molecule has 0 aliphatic carbocycles. The fraction of sp³-hybridized carbons (Fsp3) is 0.444. The van der Waals surface area contributed by atoms with Gasteiger partial charge < -0.3 is 18.5 Å². The summed E-state index contributed by atoms with van der Waals surface area (Å²) in [6.07, 6.45) is 1.77. The highest BCUT2D eigenvalue weighted by atomic mass is 32.2. The lowest BCUT2D eigenvalue weighted by Crippen LogP contribution is -2.00. The van der Waals surface area contributed by atoms with Gasteiger partial charge in [0.1, 0.15) is 11.5 Å². The Morgan fingerprint density at radius 1 is 0.963 bits per heavy atom. The molecule has 27 heavy (non-hydrogen) atoms. The molecule has 0 fully saturated rings. The van der Waals surface area contributed by atoms with Crippen molar-refractivity contribution in [2.24, 2.45) is 0 Å². The molecule has 0 saturated carbocycles. The van der Waals surface area contributed by atoms with Crippen molar-refractivity contribution in [2.75, 3.05) is 14.2 Å². The Labute approximate surface area is 162 Å². The highest BCUT2D eigenvalue weighted by molar-refractivity contribution is 7.98. The first-order valence-corrected chi connectivity index (χ1v) is 9.77. The van der Waals surface area contributed by atoms with Crippen LogP contribution >= 0.6 is 11.8 Å². The van der Waals surface area contributed by atoms with Crippen LogP contribution in [-0.4, -0.2) is 39.2 Å². The molecule has 0 spiro atoms. The molecule has 0 aliphatic heterocycles. The molecule has 3 rings (SSSR count). The third kappa shape index (κ3) is 4.41. The van der Waals surface area contributed by atoms with Gasteiger partial charge in [-0.15, -0.1) is 20.4 Å². The second kappa shape index (κ2) is 8.90. The van der Waals surface area contributed by atoms with E-state index in [4.69, 9.17) is 13.9 Å². The van der Waals surface area contributed by atoms with E-state index in [9.17, 15) is 0 Å². The van der Waals surface area contributed by atoms with E-state index in [1.54, 1.807) is 14.2 Å². The van der Waals surface area contributed by atoms with E-state index in [-0.39, 0.29) is 0 Å². The third-order valence-electron chi connectivity index (χ3n) is 3.94. The van der Waals surface area contributed by atoms with Crippen molar-refractivity contribution in [3.8, 4) is 22.9 Å². The van der Waals surface area contributed by atoms with Crippen LogP contribution in [0.2, 0.25) is 0 Å². The van der Waals surface area contributed by atoms with Crippen molar-refractivity contribution >= 4 is 11.8 Å². The maximum atomic E-state index is 5.64. The molecule has 0 saturated heterocycles. The molecule has 0 unspecified atom stereocenters. The average molecular weight is 389 g/mol. The highest BCUT2D eigenvalue weighted by Crippen LogP contribution is 2.31. The molecule has 0 N–H and O–H groups in total. The maximum absolute atomic E-state index is 5.64. The molecule has 3 aromatic rings. The van der Waals surface area contributed by atoms with Crippen LogP contribution < -0.4 is 9.47 Å². The predicted molar refractivity (Wildman–Crippen MR) is 102 cm³/mol. The summed E-state index contributed by atoms with van der Waals surface area (Å²) < 4.78 is 18.4. The van der Waals surface area contributed by atoms with Gasteiger partial charge in [0.15, 0.2) is 11.0 Å². The fourth-order valence-electron chi connectivity index (χ4n) is 2.62. The van der Waals surface area contributed by atoms with E-state index in [1.165, 1.54) is 11.8 Å². The van der Waals surface area contributed by atoms with E-state index in [0.717, 1.165) is 35.9 Å². The zero-order valence-electron chi connectivity index (χ0n) is 15.9. The number of nitrogens with zero attached hydrogens (tertiary/aromatic N) is 5. The van der Waals surface area contributed by atoms with Crippen LogP contribution in [0, 0.1) is 0 Å². The molecule has 2 aromatic heterocycles. The first-order valence-electron chi connectivity index (χ1n) is 8.79. The molecular formula is C18H23N5O3S. The topological polar surface area (TPSA) is 88.1 Å². The summed E-state index contributed by atoms with van der Waals surface area (Å²) >= 11 is 1.52. The van der Waals surface area contributed by atoms with Gasteiger partial charge in [-0.05, 0) is 25.5 Å². The highest BCUT2D eigenvalue weighted by Gasteiger charge is 2.16. The van der Waals surface area contributed by atoms with Gasteiger partial charge in [-0.1, -0.05) is 18.7 Å². The minimum absolute atomic E-state index is 0.552. The molecule has 2 heterocycles. The quantitative estimate of drug-likeness (QED) is 0.513. The Morgan fingerprint density at radius 2 is 1.67 bits per heavy atom. The molecule has 9 heteroatoms. The number of rotatable bonds is 9. The van der Waals surface area contributed by atoms with E-state index in [2.05, 4.69) is 34.2 Å². The molecule has 0 aliphatic rings. The minimum Gasteiger partial charge on any atom is -0.497 e. The van der Waals surface area contributed by atoms with E-state index < -0.39 is 0 Å². The largest absolute Gasteiger partial charge is 0.497 e. The molecule has 0 bridgehead atoms. The van der Waals surface area contributed by atoms with Gasteiger partial charge in [-0.25, -0.2) is 0 Å². The van der Waals surface area contributed by atoms with Crippen molar-refractivity contribution in [2.45, 2.75) is 44.1 Å². The second-order valence-electron chi connectivity index (χ2n) is 5.78. The number of ether oxygens (including phenoxy) is 2. The van der Waals surface area contributed by atoms with Crippen molar-refractivity contribution in [1.29, 1.82) is 0 Å². The zero-order valence-corrected chi connectivity index (χ0v) is 16.7. The Bertz CT molecular complexity index is 871. The van der Waals surface area contributed by atoms with E-state index in [0.29, 0.717) is 29.0 Å². The number of hydrogen-bond donors (Lipinski definition) is 0. The molecule has 8 nitrogen and oxygen atoms in total. The van der Waals surface area contributed by atoms with Gasteiger partial charge in [0.05, 0.1) is 20.0 Å². The number of methoxy groups -OCH3 is 2. The minimum atomic E-state index is 0.552. The summed E-state index contributed by atoms with van der Waals surface area (Å²) in [6.45, 7) is 4.87. The molecule has 1 aromatic carbocycles. The lowest BCUT2D eigenvalue weighted by molar-refractivity contribution is 0.394. The van der Waals surface area contributed by atoms with Crippen LogP contribution in [0.25, 0.3) is 11.4 Å². The summed E-state index contributed by atoms with van der Waals surface area (Å²) in [7, 11) is 3.25. The SMILES string of the molecule is CCCc1nnc(CSc2nnc(-c3cc(OC)cc(OC)c3)n2CC)o1. The lowest BCUT2D eigenvalue weighted by Gasteiger charge is -2.10. The maximum Gasteiger partial charge on any atom is 0.226 e. The Kier molecular flexibility index (Phi) is 6.33. The number of benzene rings is 1. The summed E-state index contributed by atoms with van der Waals surface area (Å²) in [5.41, 5.74) is 0.885. The summed E-state index contributed by atoms with van der Waals surface area (Å²) in [5.74, 6) is 4.00. The van der Waals surface area contributed by atoms with Gasteiger partial charge in [0.2, 0.25) is 11.8 Å². The first kappa shape index (κ1) is 19.2. The Balaban J connectivity index is 1.82. The smallest absolute Gasteiger partial charge is 0.226 e. The van der Waals surface area contributed by atoms with Crippen molar-refractivity contribution in [3.63, 3.8) is 0 Å². The van der Waals surface area contributed by atoms with Crippen LogP contribution in [0.1, 0.15) is 32.0 Å². The number of thioether (sulfide) groups is 1. The molecule has 0 amide bonds. The second-order valence-corrected chi connectivity index (χ2v) is 6.72. The van der Waals surface area contributed by atoms with Gasteiger partial charge in [-0.3, -0.25) is 0 Å². The number of hydrogen-bond acceptors (Lipinski definition) is 8. The van der Waals surface area contributed by atoms with Crippen LogP contribution in [0.15, 0.2) is 27.8 Å². The van der Waals surface area contributed by atoms with Crippen LogP contribution in [0.3, 0.4) is 0 Å². The van der Waals surface area contributed by atoms with Crippen molar-refractivity contribution in [1.82, 2.24) is 25.0 Å². The van der Waals surface area contributed by atoms with Gasteiger partial charge in [0.25, 0.3) is 0 Å². The van der Waals surface area contributed by atoms with Gasteiger partial charge >= 0.3 is 0 Å². The normalized spacial score (nSPS) is 11.0. The van der Waals surface area contributed by atoms with Crippen LogP contribution in [-0.2, 0) is 18.7 Å². The van der Waals surface area contributed by atoms with Gasteiger partial charge in [0, 0.05) is 24.6 Å². The van der Waals surface area contributed by atoms with Crippen LogP contribution in [0.4, 0.5) is 0 Å². The fourth-order valence-corrected chi connectivity index (χ4v) is 3.46. The zero-order chi connectivity index (χ0) is 19.2. The average Bonchev–Trinajstić information content (AvgIpc) is 3.32. The standard InChI is InChI=1S/C18H23N5O3S/c1-5-7-15-19-20-16(26-15)11-27-18-22-21-17(23(18)6-2)12-8-13(24-3)10-14(9-12)25-4/h8-10H,5-7,11H2,1-4H3. The molecular weight excluding hydrogens is 366 g/mol. The van der Waals surface area contributed by atoms with Gasteiger partial charge in [-0.2, -0.15) is 0 Å². The lowest BCUT2D eigenvalue weighted by atomic mass is 10.2. The van der Waals surface area contributed by atoms with Crippen molar-refractivity contribution in [3.05, 3.63) is 30.0 Å². The van der Waals surface area contributed by atoms with Crippen molar-refractivity contribution < 1.29 is 13.9 Å². The van der Waals surface area contributed by atoms with E-state index in [1.807, 2.05) is 22.8 Å². The third-order valence-corrected chi connectivity index (χ3v) is 4.89. The summed E-state index contributed by atoms with van der Waals surface area (Å²) in [5, 5.41) is 17.6. The molecule has 0 atom stereocenters. The summed E-state index contributed by atoms with van der Waals surface area (Å²) in [6, 6.07) is 5.67. The monoisotopic (exact) mass is 389 g/mol. The van der Waals surface area contributed by atoms with E-state index >= 15 is 0 Å². The number of aromatic nitrogens is 5. The summed E-state index contributed by atoms with van der Waals surface area (Å²) in [4.78, 5) is 0.